The van der Waals surface area contributed by atoms with Crippen molar-refractivity contribution in [1.29, 1.82) is 0 Å². The molecule has 1 N–H and O–H groups in total. The molecule has 158 valence electrons. The molecule has 1 aliphatic heterocycles. The van der Waals surface area contributed by atoms with Gasteiger partial charge in [0.15, 0.2) is 0 Å². The molecule has 1 heterocycles. The summed E-state index contributed by atoms with van der Waals surface area (Å²) in [5.41, 5.74) is 2.37. The first-order chi connectivity index (χ1) is 13.8. The molecular formula is C25H36NO3+. The molecular weight excluding hydrogens is 362 g/mol. The van der Waals surface area contributed by atoms with Crippen LogP contribution in [0.3, 0.4) is 0 Å². The lowest BCUT2D eigenvalue weighted by molar-refractivity contribution is -0.932. The van der Waals surface area contributed by atoms with E-state index in [4.69, 9.17) is 9.47 Å². The van der Waals surface area contributed by atoms with E-state index in [1.54, 1.807) is 7.11 Å². The van der Waals surface area contributed by atoms with Crippen LogP contribution in [0.1, 0.15) is 44.7 Å². The number of hydrogen-bond donors (Lipinski definition) is 1. The number of benzene rings is 2. The third-order valence-corrected chi connectivity index (χ3v) is 5.90. The van der Waals surface area contributed by atoms with E-state index in [9.17, 15) is 5.11 Å². The molecule has 3 rings (SSSR count). The second-order valence-electron chi connectivity index (χ2n) is 9.40. The fourth-order valence-electron chi connectivity index (χ4n) is 4.42. The lowest BCUT2D eigenvalue weighted by Gasteiger charge is -2.36. The monoisotopic (exact) mass is 398 g/mol. The van der Waals surface area contributed by atoms with E-state index in [1.165, 1.54) is 18.4 Å². The second-order valence-corrected chi connectivity index (χ2v) is 9.40. The van der Waals surface area contributed by atoms with E-state index >= 15 is 0 Å². The van der Waals surface area contributed by atoms with Gasteiger partial charge in [0.1, 0.15) is 37.3 Å². The minimum Gasteiger partial charge on any atom is -0.497 e. The van der Waals surface area contributed by atoms with Gasteiger partial charge in [-0.15, -0.1) is 0 Å². The van der Waals surface area contributed by atoms with Crippen LogP contribution < -0.4 is 9.47 Å². The normalized spacial score (nSPS) is 17.1. The number of aliphatic hydroxyl groups is 1. The molecule has 0 amide bonds. The number of likely N-dealkylation sites (tertiary alicyclic amines) is 1. The molecule has 0 radical (unpaired) electrons. The van der Waals surface area contributed by atoms with Crippen molar-refractivity contribution in [2.45, 2.75) is 51.7 Å². The largest absolute Gasteiger partial charge is 0.497 e. The van der Waals surface area contributed by atoms with Gasteiger partial charge in [0.25, 0.3) is 0 Å². The van der Waals surface area contributed by atoms with Gasteiger partial charge in [-0.1, -0.05) is 51.1 Å². The van der Waals surface area contributed by atoms with Gasteiger partial charge >= 0.3 is 0 Å². The predicted molar refractivity (Wildman–Crippen MR) is 117 cm³/mol. The molecule has 0 unspecified atom stereocenters. The molecule has 4 nitrogen and oxygen atoms in total. The van der Waals surface area contributed by atoms with Crippen molar-refractivity contribution in [2.75, 3.05) is 33.4 Å². The summed E-state index contributed by atoms with van der Waals surface area (Å²) >= 11 is 0. The molecule has 0 bridgehead atoms. The predicted octanol–water partition coefficient (Wildman–Crippen LogP) is 4.54. The highest BCUT2D eigenvalue weighted by Gasteiger charge is 2.34. The molecule has 1 aliphatic rings. The molecule has 0 aliphatic carbocycles. The third-order valence-electron chi connectivity index (χ3n) is 5.90. The van der Waals surface area contributed by atoms with E-state index < -0.39 is 6.10 Å². The summed E-state index contributed by atoms with van der Waals surface area (Å²) in [6, 6.07) is 16.5. The Morgan fingerprint density at radius 2 is 1.72 bits per heavy atom. The Labute approximate surface area is 175 Å². The number of quaternary nitrogens is 1. The number of methoxy groups -OCH3 is 1. The number of ether oxygens (including phenoxy) is 2. The van der Waals surface area contributed by atoms with Gasteiger partial charge in [-0.2, -0.15) is 0 Å². The quantitative estimate of drug-likeness (QED) is 0.664. The zero-order valence-corrected chi connectivity index (χ0v) is 18.4. The van der Waals surface area contributed by atoms with Crippen molar-refractivity contribution in [2.24, 2.45) is 0 Å². The highest BCUT2D eigenvalue weighted by molar-refractivity contribution is 5.44. The van der Waals surface area contributed by atoms with Gasteiger partial charge in [-0.3, -0.25) is 0 Å². The average Bonchev–Trinajstić information content (AvgIpc) is 3.14. The lowest BCUT2D eigenvalue weighted by Crippen LogP contribution is -2.50. The topological polar surface area (TPSA) is 38.7 Å². The molecule has 2 aromatic rings. The molecule has 0 spiro atoms. The van der Waals surface area contributed by atoms with E-state index in [0.29, 0.717) is 6.61 Å². The van der Waals surface area contributed by atoms with Gasteiger partial charge in [-0.25, -0.2) is 0 Å². The number of hydrogen-bond acceptors (Lipinski definition) is 3. The molecule has 2 aromatic carbocycles. The summed E-state index contributed by atoms with van der Waals surface area (Å²) in [6.45, 7) is 10.8. The fourth-order valence-corrected chi connectivity index (χ4v) is 4.42. The Balaban J connectivity index is 1.66. The minimum atomic E-state index is -0.494. The van der Waals surface area contributed by atoms with Crippen LogP contribution in [0.25, 0.3) is 0 Å². The van der Waals surface area contributed by atoms with Gasteiger partial charge in [0.05, 0.1) is 20.2 Å². The molecule has 1 fully saturated rings. The molecule has 29 heavy (non-hydrogen) atoms. The van der Waals surface area contributed by atoms with Crippen molar-refractivity contribution in [3.8, 4) is 11.5 Å². The number of nitrogens with zero attached hydrogens (tertiary/aromatic N) is 1. The third kappa shape index (κ3) is 5.74. The van der Waals surface area contributed by atoms with E-state index in [-0.39, 0.29) is 5.41 Å². The average molecular weight is 399 g/mol. The van der Waals surface area contributed by atoms with Crippen molar-refractivity contribution < 1.29 is 19.1 Å². The smallest absolute Gasteiger partial charge is 0.137 e. The summed E-state index contributed by atoms with van der Waals surface area (Å²) in [5, 5.41) is 10.8. The van der Waals surface area contributed by atoms with Crippen LogP contribution in [0, 0.1) is 0 Å². The maximum absolute atomic E-state index is 10.8. The Hall–Kier alpha value is -2.04. The second kappa shape index (κ2) is 9.19. The van der Waals surface area contributed by atoms with Crippen molar-refractivity contribution in [3.05, 3.63) is 59.7 Å². The summed E-state index contributed by atoms with van der Waals surface area (Å²) in [6.07, 6.45) is 1.96. The van der Waals surface area contributed by atoms with Crippen molar-refractivity contribution in [3.63, 3.8) is 0 Å². The SMILES string of the molecule is COc1ccc(OC[C@H](O)C[N+]2(Cc3ccccc3)CCCC2)c(C(C)(C)C)c1. The Morgan fingerprint density at radius 3 is 2.34 bits per heavy atom. The first-order valence-electron chi connectivity index (χ1n) is 10.7. The molecule has 1 saturated heterocycles. The van der Waals surface area contributed by atoms with Crippen LogP contribution in [0.2, 0.25) is 0 Å². The molecule has 4 heteroatoms. The molecule has 0 saturated carbocycles. The highest BCUT2D eigenvalue weighted by atomic mass is 16.5. The zero-order chi connectivity index (χ0) is 20.9. The standard InChI is InChI=1S/C25H36NO3/c1-25(2,3)23-16-22(28-4)12-13-24(23)29-19-21(27)18-26(14-8-9-15-26)17-20-10-6-5-7-11-20/h5-7,10-13,16,21,27H,8-9,14-15,17-19H2,1-4H3/q+1/t21-/m1/s1. The van der Waals surface area contributed by atoms with Crippen molar-refractivity contribution in [1.82, 2.24) is 0 Å². The van der Waals surface area contributed by atoms with E-state index in [1.807, 2.05) is 18.2 Å². The number of aliphatic hydroxyl groups excluding tert-OH is 1. The van der Waals surface area contributed by atoms with Gasteiger partial charge in [0, 0.05) is 24.0 Å². The van der Waals surface area contributed by atoms with Gasteiger partial charge < -0.3 is 19.1 Å². The Morgan fingerprint density at radius 1 is 1.03 bits per heavy atom. The summed E-state index contributed by atoms with van der Waals surface area (Å²) in [4.78, 5) is 0. The van der Waals surface area contributed by atoms with E-state index in [0.717, 1.165) is 47.7 Å². The zero-order valence-electron chi connectivity index (χ0n) is 18.4. The lowest BCUT2D eigenvalue weighted by atomic mass is 9.86. The van der Waals surface area contributed by atoms with Crippen LogP contribution >= 0.6 is 0 Å². The Bertz CT molecular complexity index is 776. The maximum Gasteiger partial charge on any atom is 0.137 e. The first-order valence-corrected chi connectivity index (χ1v) is 10.7. The van der Waals surface area contributed by atoms with E-state index in [2.05, 4.69) is 51.1 Å². The summed E-state index contributed by atoms with van der Waals surface area (Å²) < 4.78 is 12.4. The van der Waals surface area contributed by atoms with Crippen LogP contribution in [0.5, 0.6) is 11.5 Å². The summed E-state index contributed by atoms with van der Waals surface area (Å²) in [7, 11) is 1.68. The summed E-state index contributed by atoms with van der Waals surface area (Å²) in [5.74, 6) is 1.65. The first kappa shape index (κ1) is 21.7. The maximum atomic E-state index is 10.8. The van der Waals surface area contributed by atoms with Gasteiger partial charge in [-0.05, 0) is 23.6 Å². The van der Waals surface area contributed by atoms with Crippen LogP contribution in [-0.4, -0.2) is 49.0 Å². The minimum absolute atomic E-state index is 0.0646. The molecule has 1 atom stereocenters. The highest BCUT2D eigenvalue weighted by Crippen LogP contribution is 2.34. The van der Waals surface area contributed by atoms with Gasteiger partial charge in [0.2, 0.25) is 0 Å². The number of rotatable bonds is 8. The van der Waals surface area contributed by atoms with Crippen LogP contribution in [-0.2, 0) is 12.0 Å². The Kier molecular flexibility index (Phi) is 6.86. The molecule has 0 aromatic heterocycles. The van der Waals surface area contributed by atoms with Crippen molar-refractivity contribution >= 4 is 0 Å². The fraction of sp³-hybridized carbons (Fsp3) is 0.520. The van der Waals surface area contributed by atoms with Crippen LogP contribution in [0.4, 0.5) is 0 Å². The van der Waals surface area contributed by atoms with Crippen LogP contribution in [0.15, 0.2) is 48.5 Å².